The van der Waals surface area contributed by atoms with Crippen LogP contribution in [0.15, 0.2) is 59.5 Å². The summed E-state index contributed by atoms with van der Waals surface area (Å²) in [6, 6.07) is 14.9. The van der Waals surface area contributed by atoms with Crippen LogP contribution >= 0.6 is 0 Å². The molecule has 0 fully saturated rings. The molecular formula is C23H24N2O3. The van der Waals surface area contributed by atoms with Crippen LogP contribution in [0.1, 0.15) is 32.6 Å². The summed E-state index contributed by atoms with van der Waals surface area (Å²) in [5, 5.41) is 2.79. The van der Waals surface area contributed by atoms with Crippen molar-refractivity contribution in [2.45, 2.75) is 27.3 Å². The van der Waals surface area contributed by atoms with Crippen molar-refractivity contribution >= 4 is 11.6 Å². The summed E-state index contributed by atoms with van der Waals surface area (Å²) >= 11 is 0. The van der Waals surface area contributed by atoms with E-state index in [1.54, 1.807) is 36.1 Å². The number of aryl methyl sites for hydroxylation is 3. The number of pyridine rings is 1. The molecule has 0 spiro atoms. The molecule has 5 heteroatoms. The average Bonchev–Trinajstić information content (AvgIpc) is 2.66. The van der Waals surface area contributed by atoms with Gasteiger partial charge in [0.05, 0.1) is 19.3 Å². The van der Waals surface area contributed by atoms with Crippen LogP contribution in [0.4, 0.5) is 5.69 Å². The number of hydrogen-bond acceptors (Lipinski definition) is 3. The van der Waals surface area contributed by atoms with Crippen molar-refractivity contribution in [3.05, 3.63) is 92.9 Å². The first-order chi connectivity index (χ1) is 13.4. The van der Waals surface area contributed by atoms with E-state index >= 15 is 0 Å². The number of amides is 1. The number of ether oxygens (including phenoxy) is 1. The molecule has 3 aromatic rings. The Hall–Kier alpha value is -3.34. The van der Waals surface area contributed by atoms with E-state index in [2.05, 4.69) is 11.4 Å². The van der Waals surface area contributed by atoms with Gasteiger partial charge in [-0.2, -0.15) is 0 Å². The number of nitrogens with zero attached hydrogens (tertiary/aromatic N) is 1. The number of carbonyl (C=O) groups excluding carboxylic acids is 1. The molecule has 0 bridgehead atoms. The van der Waals surface area contributed by atoms with E-state index in [0.29, 0.717) is 18.0 Å². The fraction of sp³-hybridized carbons (Fsp3) is 0.217. The maximum absolute atomic E-state index is 12.9. The zero-order chi connectivity index (χ0) is 20.3. The zero-order valence-corrected chi connectivity index (χ0v) is 16.6. The molecule has 0 aliphatic rings. The van der Waals surface area contributed by atoms with E-state index in [-0.39, 0.29) is 11.1 Å². The van der Waals surface area contributed by atoms with E-state index in [4.69, 9.17) is 4.74 Å². The summed E-state index contributed by atoms with van der Waals surface area (Å²) in [6.45, 7) is 6.38. The van der Waals surface area contributed by atoms with Crippen LogP contribution in [0, 0.1) is 20.8 Å². The molecule has 1 heterocycles. The number of benzene rings is 2. The van der Waals surface area contributed by atoms with Crippen LogP contribution in [-0.2, 0) is 6.54 Å². The molecule has 0 saturated carbocycles. The minimum atomic E-state index is -0.454. The standard InChI is InChI=1S/C23H24N2O3/c1-15-7-9-17(3)18(12-15)14-25-11-5-6-19(23(25)27)22(26)24-20-13-16(2)8-10-21(20)28-4/h5-13H,14H2,1-4H3,(H,24,26). The normalized spacial score (nSPS) is 10.6. The monoisotopic (exact) mass is 376 g/mol. The summed E-state index contributed by atoms with van der Waals surface area (Å²) in [4.78, 5) is 25.7. The van der Waals surface area contributed by atoms with Crippen molar-refractivity contribution < 1.29 is 9.53 Å². The smallest absolute Gasteiger partial charge is 0.263 e. The lowest BCUT2D eigenvalue weighted by Crippen LogP contribution is -2.29. The minimum absolute atomic E-state index is 0.0939. The molecule has 5 nitrogen and oxygen atoms in total. The van der Waals surface area contributed by atoms with Crippen molar-refractivity contribution in [1.29, 1.82) is 0 Å². The Morgan fingerprint density at radius 3 is 2.50 bits per heavy atom. The number of anilines is 1. The maximum Gasteiger partial charge on any atom is 0.263 e. The van der Waals surface area contributed by atoms with Gasteiger partial charge in [0.2, 0.25) is 0 Å². The third-order valence-electron chi connectivity index (χ3n) is 4.71. The third kappa shape index (κ3) is 4.14. The van der Waals surface area contributed by atoms with Crippen LogP contribution in [0.5, 0.6) is 5.75 Å². The van der Waals surface area contributed by atoms with Crippen molar-refractivity contribution in [3.8, 4) is 5.75 Å². The SMILES string of the molecule is COc1ccc(C)cc1NC(=O)c1cccn(Cc2cc(C)ccc2C)c1=O. The van der Waals surface area contributed by atoms with Crippen LogP contribution < -0.4 is 15.6 Å². The van der Waals surface area contributed by atoms with Gasteiger partial charge in [-0.3, -0.25) is 9.59 Å². The molecule has 2 aromatic carbocycles. The van der Waals surface area contributed by atoms with Gasteiger partial charge >= 0.3 is 0 Å². The second-order valence-corrected chi connectivity index (χ2v) is 6.94. The van der Waals surface area contributed by atoms with Crippen LogP contribution in [-0.4, -0.2) is 17.6 Å². The molecule has 0 radical (unpaired) electrons. The molecule has 0 aliphatic carbocycles. The predicted molar refractivity (Wildman–Crippen MR) is 111 cm³/mol. The highest BCUT2D eigenvalue weighted by Gasteiger charge is 2.15. The predicted octanol–water partition coefficient (Wildman–Crippen LogP) is 4.08. The number of carbonyl (C=O) groups is 1. The summed E-state index contributed by atoms with van der Waals surface area (Å²) in [5.74, 6) is 0.0924. The Balaban J connectivity index is 1.91. The molecular weight excluding hydrogens is 352 g/mol. The van der Waals surface area contributed by atoms with Crippen molar-refractivity contribution in [2.24, 2.45) is 0 Å². The Labute approximate surface area is 164 Å². The lowest BCUT2D eigenvalue weighted by atomic mass is 10.1. The van der Waals surface area contributed by atoms with E-state index in [1.165, 1.54) is 0 Å². The molecule has 0 atom stereocenters. The summed E-state index contributed by atoms with van der Waals surface area (Å²) in [6.07, 6.45) is 1.70. The summed E-state index contributed by atoms with van der Waals surface area (Å²) in [7, 11) is 1.54. The quantitative estimate of drug-likeness (QED) is 0.730. The highest BCUT2D eigenvalue weighted by Crippen LogP contribution is 2.25. The fourth-order valence-corrected chi connectivity index (χ4v) is 3.10. The number of nitrogens with one attached hydrogen (secondary N) is 1. The molecule has 0 unspecified atom stereocenters. The van der Waals surface area contributed by atoms with Gasteiger partial charge in [-0.25, -0.2) is 0 Å². The molecule has 0 saturated heterocycles. The molecule has 3 rings (SSSR count). The Morgan fingerprint density at radius 2 is 1.75 bits per heavy atom. The highest BCUT2D eigenvalue weighted by atomic mass is 16.5. The Kier molecular flexibility index (Phi) is 5.64. The molecule has 1 aromatic heterocycles. The minimum Gasteiger partial charge on any atom is -0.495 e. The van der Waals surface area contributed by atoms with Crippen molar-refractivity contribution in [3.63, 3.8) is 0 Å². The fourth-order valence-electron chi connectivity index (χ4n) is 3.10. The number of methoxy groups -OCH3 is 1. The van der Waals surface area contributed by atoms with Crippen molar-refractivity contribution in [2.75, 3.05) is 12.4 Å². The second kappa shape index (κ2) is 8.13. The molecule has 0 aliphatic heterocycles. The van der Waals surface area contributed by atoms with Gasteiger partial charge in [0.15, 0.2) is 0 Å². The van der Waals surface area contributed by atoms with E-state index in [0.717, 1.165) is 22.3 Å². The Morgan fingerprint density at radius 1 is 1.04 bits per heavy atom. The third-order valence-corrected chi connectivity index (χ3v) is 4.71. The maximum atomic E-state index is 12.9. The average molecular weight is 376 g/mol. The number of aromatic nitrogens is 1. The largest absolute Gasteiger partial charge is 0.495 e. The summed E-state index contributed by atoms with van der Waals surface area (Å²) in [5.41, 5.74) is 4.59. The van der Waals surface area contributed by atoms with Gasteiger partial charge in [-0.1, -0.05) is 29.8 Å². The van der Waals surface area contributed by atoms with Crippen LogP contribution in [0.2, 0.25) is 0 Å². The first-order valence-electron chi connectivity index (χ1n) is 9.10. The molecule has 28 heavy (non-hydrogen) atoms. The van der Waals surface area contributed by atoms with Crippen LogP contribution in [0.25, 0.3) is 0 Å². The van der Waals surface area contributed by atoms with Gasteiger partial charge < -0.3 is 14.6 Å². The van der Waals surface area contributed by atoms with Gasteiger partial charge in [0.1, 0.15) is 11.3 Å². The van der Waals surface area contributed by atoms with Crippen LogP contribution in [0.3, 0.4) is 0 Å². The molecule has 144 valence electrons. The lowest BCUT2D eigenvalue weighted by Gasteiger charge is -2.13. The van der Waals surface area contributed by atoms with E-state index < -0.39 is 5.91 Å². The van der Waals surface area contributed by atoms with Crippen molar-refractivity contribution in [1.82, 2.24) is 4.57 Å². The lowest BCUT2D eigenvalue weighted by molar-refractivity contribution is 0.102. The van der Waals surface area contributed by atoms with Gasteiger partial charge in [-0.05, 0) is 61.7 Å². The topological polar surface area (TPSA) is 60.3 Å². The first kappa shape index (κ1) is 19.4. The van der Waals surface area contributed by atoms with Gasteiger partial charge in [-0.15, -0.1) is 0 Å². The Bertz CT molecular complexity index is 1080. The number of hydrogen-bond donors (Lipinski definition) is 1. The molecule has 1 amide bonds. The summed E-state index contributed by atoms with van der Waals surface area (Å²) < 4.78 is 6.86. The van der Waals surface area contributed by atoms with E-state index in [9.17, 15) is 9.59 Å². The van der Waals surface area contributed by atoms with Gasteiger partial charge in [0.25, 0.3) is 11.5 Å². The zero-order valence-electron chi connectivity index (χ0n) is 16.6. The first-order valence-corrected chi connectivity index (χ1v) is 9.10. The highest BCUT2D eigenvalue weighted by molar-refractivity contribution is 6.04. The second-order valence-electron chi connectivity index (χ2n) is 6.94. The number of rotatable bonds is 5. The van der Waals surface area contributed by atoms with Gasteiger partial charge in [0, 0.05) is 6.20 Å². The van der Waals surface area contributed by atoms with E-state index in [1.807, 2.05) is 45.0 Å². The molecule has 1 N–H and O–H groups in total.